The van der Waals surface area contributed by atoms with Crippen molar-refractivity contribution < 1.29 is 4.84 Å². The molecule has 1 saturated carbocycles. The van der Waals surface area contributed by atoms with Crippen LogP contribution in [0.3, 0.4) is 0 Å². The molecule has 0 amide bonds. The quantitative estimate of drug-likeness (QED) is 0.733. The number of benzene rings is 1. The average molecular weight is 269 g/mol. The van der Waals surface area contributed by atoms with Gasteiger partial charge in [-0.15, -0.1) is 0 Å². The third-order valence-corrected chi connectivity index (χ3v) is 5.34. The molecule has 0 bridgehead atoms. The summed E-state index contributed by atoms with van der Waals surface area (Å²) in [6.45, 7) is 5.66. The molecule has 1 heterocycles. The lowest BCUT2D eigenvalue weighted by Crippen LogP contribution is -2.39. The largest absolute Gasteiger partial charge is 0.383 e. The molecular formula is C18H23NO. The SMILES string of the molecule is CC1(C)CC2(CCC2)CC2=C1ON(c1ccccc1)C2. The van der Waals surface area contributed by atoms with Crippen LogP contribution in [0.1, 0.15) is 46.0 Å². The van der Waals surface area contributed by atoms with Gasteiger partial charge < -0.3 is 4.84 Å². The summed E-state index contributed by atoms with van der Waals surface area (Å²) in [4.78, 5) is 6.24. The average Bonchev–Trinajstić information content (AvgIpc) is 2.82. The van der Waals surface area contributed by atoms with Crippen molar-refractivity contribution in [3.63, 3.8) is 0 Å². The molecule has 2 nitrogen and oxygen atoms in total. The van der Waals surface area contributed by atoms with E-state index >= 15 is 0 Å². The summed E-state index contributed by atoms with van der Waals surface area (Å²) in [5.74, 6) is 1.25. The van der Waals surface area contributed by atoms with E-state index in [1.165, 1.54) is 43.6 Å². The number of hydroxylamine groups is 1. The predicted octanol–water partition coefficient (Wildman–Crippen LogP) is 4.68. The Bertz CT molecular complexity index is 554. The van der Waals surface area contributed by atoms with Crippen molar-refractivity contribution in [3.8, 4) is 0 Å². The molecule has 1 spiro atoms. The van der Waals surface area contributed by atoms with Gasteiger partial charge in [0.2, 0.25) is 0 Å². The number of rotatable bonds is 1. The molecule has 20 heavy (non-hydrogen) atoms. The minimum atomic E-state index is 0.192. The Kier molecular flexibility index (Phi) is 2.48. The van der Waals surface area contributed by atoms with Gasteiger partial charge in [0.1, 0.15) is 5.76 Å². The van der Waals surface area contributed by atoms with Crippen molar-refractivity contribution in [2.75, 3.05) is 11.6 Å². The maximum absolute atomic E-state index is 6.24. The molecule has 106 valence electrons. The first-order chi connectivity index (χ1) is 9.58. The minimum Gasteiger partial charge on any atom is -0.383 e. The molecule has 0 saturated heterocycles. The van der Waals surface area contributed by atoms with Gasteiger partial charge in [-0.05, 0) is 48.8 Å². The van der Waals surface area contributed by atoms with Crippen LogP contribution in [0.2, 0.25) is 0 Å². The van der Waals surface area contributed by atoms with Crippen molar-refractivity contribution in [1.82, 2.24) is 0 Å². The second kappa shape index (κ2) is 4.03. The van der Waals surface area contributed by atoms with E-state index in [9.17, 15) is 0 Å². The summed E-state index contributed by atoms with van der Waals surface area (Å²) in [7, 11) is 0. The molecule has 1 aliphatic heterocycles. The molecule has 0 unspecified atom stereocenters. The van der Waals surface area contributed by atoms with E-state index in [4.69, 9.17) is 4.84 Å². The maximum Gasteiger partial charge on any atom is 0.139 e. The monoisotopic (exact) mass is 269 g/mol. The fourth-order valence-electron chi connectivity index (χ4n) is 4.49. The highest BCUT2D eigenvalue weighted by molar-refractivity contribution is 5.48. The third-order valence-electron chi connectivity index (χ3n) is 5.34. The van der Waals surface area contributed by atoms with E-state index in [-0.39, 0.29) is 5.41 Å². The lowest BCUT2D eigenvalue weighted by Gasteiger charge is -2.50. The van der Waals surface area contributed by atoms with Crippen molar-refractivity contribution in [1.29, 1.82) is 0 Å². The second-order valence-corrected chi connectivity index (χ2v) is 7.49. The lowest BCUT2D eigenvalue weighted by molar-refractivity contribution is 0.0327. The smallest absolute Gasteiger partial charge is 0.139 e. The van der Waals surface area contributed by atoms with Gasteiger partial charge in [-0.3, -0.25) is 0 Å². The van der Waals surface area contributed by atoms with E-state index in [2.05, 4.69) is 49.2 Å². The molecule has 0 N–H and O–H groups in total. The lowest BCUT2D eigenvalue weighted by atomic mass is 9.55. The van der Waals surface area contributed by atoms with Crippen LogP contribution in [-0.2, 0) is 4.84 Å². The van der Waals surface area contributed by atoms with Gasteiger partial charge in [0.15, 0.2) is 0 Å². The molecule has 1 aromatic carbocycles. The van der Waals surface area contributed by atoms with Gasteiger partial charge in [0, 0.05) is 5.41 Å². The first kappa shape index (κ1) is 12.3. The van der Waals surface area contributed by atoms with Crippen LogP contribution in [-0.4, -0.2) is 6.54 Å². The van der Waals surface area contributed by atoms with Crippen LogP contribution >= 0.6 is 0 Å². The summed E-state index contributed by atoms with van der Waals surface area (Å²) in [5, 5.41) is 2.07. The van der Waals surface area contributed by atoms with Crippen LogP contribution in [0.4, 0.5) is 5.69 Å². The highest BCUT2D eigenvalue weighted by atomic mass is 16.7. The maximum atomic E-state index is 6.24. The van der Waals surface area contributed by atoms with Crippen LogP contribution in [0.15, 0.2) is 41.7 Å². The Morgan fingerprint density at radius 2 is 1.85 bits per heavy atom. The van der Waals surface area contributed by atoms with Gasteiger partial charge in [0.05, 0.1) is 12.2 Å². The van der Waals surface area contributed by atoms with E-state index in [1.54, 1.807) is 5.57 Å². The zero-order valence-electron chi connectivity index (χ0n) is 12.5. The third kappa shape index (κ3) is 1.77. The van der Waals surface area contributed by atoms with E-state index in [0.29, 0.717) is 5.41 Å². The van der Waals surface area contributed by atoms with Crippen LogP contribution in [0.5, 0.6) is 0 Å². The van der Waals surface area contributed by atoms with Crippen molar-refractivity contribution >= 4 is 5.69 Å². The van der Waals surface area contributed by atoms with Gasteiger partial charge in [-0.1, -0.05) is 38.5 Å². The summed E-state index contributed by atoms with van der Waals surface area (Å²) in [6.07, 6.45) is 6.80. The standard InChI is InChI=1S/C18H23NO/c1-17(2)13-18(9-6-10-18)11-14-12-19(20-16(14)17)15-7-4-3-5-8-15/h3-5,7-8H,6,9-13H2,1-2H3. The molecule has 1 fully saturated rings. The first-order valence-electron chi connectivity index (χ1n) is 7.81. The van der Waals surface area contributed by atoms with Crippen LogP contribution in [0.25, 0.3) is 0 Å². The Labute approximate surface area is 121 Å². The molecule has 2 aliphatic carbocycles. The molecule has 4 rings (SSSR count). The Morgan fingerprint density at radius 3 is 2.50 bits per heavy atom. The summed E-state index contributed by atoms with van der Waals surface area (Å²) in [5.41, 5.74) is 3.50. The Morgan fingerprint density at radius 1 is 1.10 bits per heavy atom. The molecule has 0 aromatic heterocycles. The molecule has 0 atom stereocenters. The Hall–Kier alpha value is -1.44. The van der Waals surface area contributed by atoms with Crippen LogP contribution < -0.4 is 5.06 Å². The number of allylic oxidation sites excluding steroid dienone is 1. The predicted molar refractivity (Wildman–Crippen MR) is 81.2 cm³/mol. The van der Waals surface area contributed by atoms with Gasteiger partial charge in [0.25, 0.3) is 0 Å². The number of para-hydroxylation sites is 1. The van der Waals surface area contributed by atoms with Gasteiger partial charge in [-0.2, -0.15) is 0 Å². The first-order valence-corrected chi connectivity index (χ1v) is 7.81. The number of hydrogen-bond donors (Lipinski definition) is 0. The summed E-state index contributed by atoms with van der Waals surface area (Å²) < 4.78 is 0. The highest BCUT2D eigenvalue weighted by Gasteiger charge is 2.50. The molecule has 2 heteroatoms. The summed E-state index contributed by atoms with van der Waals surface area (Å²) in [6, 6.07) is 10.5. The normalized spacial score (nSPS) is 26.2. The van der Waals surface area contributed by atoms with E-state index in [1.807, 2.05) is 0 Å². The molecule has 1 aromatic rings. The molecular weight excluding hydrogens is 246 g/mol. The second-order valence-electron chi connectivity index (χ2n) is 7.49. The fourth-order valence-corrected chi connectivity index (χ4v) is 4.49. The number of nitrogens with zero attached hydrogens (tertiary/aromatic N) is 1. The number of anilines is 1. The summed E-state index contributed by atoms with van der Waals surface area (Å²) >= 11 is 0. The van der Waals surface area contributed by atoms with Crippen molar-refractivity contribution in [2.24, 2.45) is 10.8 Å². The molecule has 3 aliphatic rings. The van der Waals surface area contributed by atoms with E-state index in [0.717, 1.165) is 6.54 Å². The van der Waals surface area contributed by atoms with Crippen molar-refractivity contribution in [3.05, 3.63) is 41.7 Å². The molecule has 0 radical (unpaired) electrons. The van der Waals surface area contributed by atoms with Gasteiger partial charge >= 0.3 is 0 Å². The zero-order chi connectivity index (χ0) is 13.8. The minimum absolute atomic E-state index is 0.192. The fraction of sp³-hybridized carbons (Fsp3) is 0.556. The topological polar surface area (TPSA) is 12.5 Å². The van der Waals surface area contributed by atoms with Gasteiger partial charge in [-0.25, -0.2) is 5.06 Å². The highest BCUT2D eigenvalue weighted by Crippen LogP contribution is 2.60. The number of hydrogen-bond acceptors (Lipinski definition) is 2. The van der Waals surface area contributed by atoms with Crippen molar-refractivity contribution in [2.45, 2.75) is 46.0 Å². The zero-order valence-corrected chi connectivity index (χ0v) is 12.5. The Balaban J connectivity index is 1.62. The van der Waals surface area contributed by atoms with Crippen LogP contribution in [0, 0.1) is 10.8 Å². The van der Waals surface area contributed by atoms with E-state index < -0.39 is 0 Å².